The van der Waals surface area contributed by atoms with Gasteiger partial charge in [0, 0.05) is 16.0 Å². The average molecular weight is 505 g/mol. The van der Waals surface area contributed by atoms with Crippen LogP contribution in [-0.2, 0) is 4.79 Å². The minimum Gasteiger partial charge on any atom is -0.483 e. The third-order valence-corrected chi connectivity index (χ3v) is 7.13. The van der Waals surface area contributed by atoms with Crippen LogP contribution in [-0.4, -0.2) is 23.2 Å². The van der Waals surface area contributed by atoms with Gasteiger partial charge in [0.1, 0.15) is 5.75 Å². The lowest BCUT2D eigenvalue weighted by atomic mass is 9.77. The highest BCUT2D eigenvalue weighted by molar-refractivity contribution is 6.30. The Kier molecular flexibility index (Phi) is 6.94. The molecular formula is C29H26Cl2N2O2. The lowest BCUT2D eigenvalue weighted by molar-refractivity contribution is -0.135. The molecule has 3 aromatic carbocycles. The zero-order valence-electron chi connectivity index (χ0n) is 19.5. The van der Waals surface area contributed by atoms with E-state index in [0.717, 1.165) is 47.2 Å². The molecule has 6 heteroatoms. The molecule has 0 N–H and O–H groups in total. The van der Waals surface area contributed by atoms with Crippen LogP contribution in [0.25, 0.3) is 6.08 Å². The summed E-state index contributed by atoms with van der Waals surface area (Å²) in [6.07, 6.45) is 5.09. The largest absolute Gasteiger partial charge is 0.483 e. The normalized spacial score (nSPS) is 20.5. The maximum absolute atomic E-state index is 13.5. The van der Waals surface area contributed by atoms with Gasteiger partial charge in [0.05, 0.1) is 11.8 Å². The number of nitrogens with zero attached hydrogens (tertiary/aromatic N) is 2. The van der Waals surface area contributed by atoms with Crippen LogP contribution in [0.2, 0.25) is 10.0 Å². The first-order valence-corrected chi connectivity index (χ1v) is 12.6. The monoisotopic (exact) mass is 504 g/mol. The van der Waals surface area contributed by atoms with Gasteiger partial charge in [0.15, 0.2) is 6.61 Å². The number of hydrogen-bond donors (Lipinski definition) is 0. The van der Waals surface area contributed by atoms with Crippen molar-refractivity contribution in [3.8, 4) is 5.75 Å². The van der Waals surface area contributed by atoms with E-state index in [9.17, 15) is 4.79 Å². The second-order valence-corrected chi connectivity index (χ2v) is 9.87. The van der Waals surface area contributed by atoms with Crippen LogP contribution in [0.3, 0.4) is 0 Å². The Morgan fingerprint density at radius 1 is 1.03 bits per heavy atom. The smallest absolute Gasteiger partial charge is 0.281 e. The molecule has 2 unspecified atom stereocenters. The molecule has 0 radical (unpaired) electrons. The van der Waals surface area contributed by atoms with Crippen LogP contribution < -0.4 is 4.74 Å². The Bertz CT molecular complexity index is 1280. The van der Waals surface area contributed by atoms with Crippen molar-refractivity contribution in [1.29, 1.82) is 0 Å². The first-order valence-electron chi connectivity index (χ1n) is 11.8. The topological polar surface area (TPSA) is 41.9 Å². The summed E-state index contributed by atoms with van der Waals surface area (Å²) in [6.45, 7) is 1.89. The summed E-state index contributed by atoms with van der Waals surface area (Å²) in [7, 11) is 0. The number of fused-ring (bicyclic) bond motifs is 1. The van der Waals surface area contributed by atoms with Gasteiger partial charge in [0.2, 0.25) is 0 Å². The second-order valence-electron chi connectivity index (χ2n) is 8.99. The molecule has 1 fully saturated rings. The van der Waals surface area contributed by atoms with Gasteiger partial charge in [-0.2, -0.15) is 5.10 Å². The van der Waals surface area contributed by atoms with Crippen LogP contribution in [0.4, 0.5) is 0 Å². The lowest BCUT2D eigenvalue weighted by Gasteiger charge is -2.29. The standard InChI is InChI=1S/C29H26Cl2N2O2/c1-19-5-2-3-8-26(19)35-18-27(34)33-29(21-11-15-24(31)16-12-21)25-7-4-6-22(28(25)32-33)17-20-9-13-23(30)14-10-20/h2-3,5,8-17,25,29H,4,6-7,18H2,1H3/b22-17+. The second kappa shape index (κ2) is 10.3. The number of hydrogen-bond acceptors (Lipinski definition) is 3. The number of amides is 1. The maximum Gasteiger partial charge on any atom is 0.281 e. The molecule has 0 spiro atoms. The minimum absolute atomic E-state index is 0.0747. The summed E-state index contributed by atoms with van der Waals surface area (Å²) in [4.78, 5) is 13.5. The number of halogens is 2. The maximum atomic E-state index is 13.5. The first-order chi connectivity index (χ1) is 17.0. The van der Waals surface area contributed by atoms with Crippen LogP contribution in [0.1, 0.15) is 42.0 Å². The highest BCUT2D eigenvalue weighted by Crippen LogP contribution is 2.44. The Hall–Kier alpha value is -3.08. The van der Waals surface area contributed by atoms with Gasteiger partial charge in [-0.1, -0.05) is 65.7 Å². The fraction of sp³-hybridized carbons (Fsp3) is 0.241. The molecule has 178 valence electrons. The third kappa shape index (κ3) is 5.14. The van der Waals surface area contributed by atoms with Gasteiger partial charge in [-0.05, 0) is 84.9 Å². The summed E-state index contributed by atoms with van der Waals surface area (Å²) < 4.78 is 5.89. The van der Waals surface area contributed by atoms with E-state index in [1.807, 2.05) is 79.7 Å². The Morgan fingerprint density at radius 2 is 1.71 bits per heavy atom. The summed E-state index contributed by atoms with van der Waals surface area (Å²) in [5, 5.41) is 7.92. The molecule has 1 saturated carbocycles. The van der Waals surface area contributed by atoms with Crippen molar-refractivity contribution in [3.05, 3.63) is 105 Å². The number of para-hydroxylation sites is 1. The molecule has 5 rings (SSSR count). The first kappa shape index (κ1) is 23.7. The number of hydrazone groups is 1. The van der Waals surface area contributed by atoms with Crippen molar-refractivity contribution in [2.75, 3.05) is 6.61 Å². The summed E-state index contributed by atoms with van der Waals surface area (Å²) in [6, 6.07) is 23.0. The van der Waals surface area contributed by atoms with Gasteiger partial charge in [-0.25, -0.2) is 5.01 Å². The van der Waals surface area contributed by atoms with Gasteiger partial charge in [-0.15, -0.1) is 0 Å². The zero-order chi connectivity index (χ0) is 24.4. The average Bonchev–Trinajstić information content (AvgIpc) is 3.26. The molecule has 1 aliphatic carbocycles. The van der Waals surface area contributed by atoms with Crippen LogP contribution in [0.5, 0.6) is 5.75 Å². The van der Waals surface area contributed by atoms with Crippen molar-refractivity contribution in [3.63, 3.8) is 0 Å². The van der Waals surface area contributed by atoms with Gasteiger partial charge in [0.25, 0.3) is 5.91 Å². The molecule has 4 nitrogen and oxygen atoms in total. The van der Waals surface area contributed by atoms with E-state index in [1.54, 1.807) is 5.01 Å². The SMILES string of the molecule is Cc1ccccc1OCC(=O)N1N=C2/C(=C/c3ccc(Cl)cc3)CCCC2C1c1ccc(Cl)cc1. The predicted molar refractivity (Wildman–Crippen MR) is 142 cm³/mol. The Labute approximate surface area is 215 Å². The molecule has 0 saturated heterocycles. The van der Waals surface area contributed by atoms with Crippen LogP contribution in [0.15, 0.2) is 83.5 Å². The molecule has 2 atom stereocenters. The highest BCUT2D eigenvalue weighted by Gasteiger charge is 2.43. The molecule has 0 aromatic heterocycles. The van der Waals surface area contributed by atoms with E-state index in [1.165, 1.54) is 0 Å². The highest BCUT2D eigenvalue weighted by atomic mass is 35.5. The van der Waals surface area contributed by atoms with Crippen LogP contribution in [0, 0.1) is 12.8 Å². The molecule has 0 bridgehead atoms. The quantitative estimate of drug-likeness (QED) is 0.360. The predicted octanol–water partition coefficient (Wildman–Crippen LogP) is 7.50. The van der Waals surface area contributed by atoms with Crippen molar-refractivity contribution in [2.45, 2.75) is 32.2 Å². The molecule has 3 aromatic rings. The summed E-state index contributed by atoms with van der Waals surface area (Å²) >= 11 is 12.2. The fourth-order valence-corrected chi connectivity index (χ4v) is 5.14. The Morgan fingerprint density at radius 3 is 2.43 bits per heavy atom. The van der Waals surface area contributed by atoms with Gasteiger partial charge in [-0.3, -0.25) is 4.79 Å². The van der Waals surface area contributed by atoms with Gasteiger partial charge < -0.3 is 4.74 Å². The van der Waals surface area contributed by atoms with E-state index >= 15 is 0 Å². The lowest BCUT2D eigenvalue weighted by Crippen LogP contribution is -2.34. The van der Waals surface area contributed by atoms with E-state index in [2.05, 4.69) is 6.08 Å². The molecule has 2 aliphatic rings. The Balaban J connectivity index is 1.47. The molecule has 1 aliphatic heterocycles. The van der Waals surface area contributed by atoms with Crippen molar-refractivity contribution >= 4 is 40.9 Å². The summed E-state index contributed by atoms with van der Waals surface area (Å²) in [5.41, 5.74) is 5.23. The van der Waals surface area contributed by atoms with Crippen LogP contribution >= 0.6 is 23.2 Å². The number of rotatable bonds is 5. The minimum atomic E-state index is -0.191. The molecule has 1 heterocycles. The molecule has 35 heavy (non-hydrogen) atoms. The van der Waals surface area contributed by atoms with E-state index in [-0.39, 0.29) is 24.5 Å². The number of aryl methyl sites for hydroxylation is 1. The number of carbonyl (C=O) groups is 1. The van der Waals surface area contributed by atoms with E-state index in [0.29, 0.717) is 15.8 Å². The van der Waals surface area contributed by atoms with Crippen molar-refractivity contribution in [2.24, 2.45) is 11.0 Å². The number of carbonyl (C=O) groups excluding carboxylic acids is 1. The van der Waals surface area contributed by atoms with Crippen molar-refractivity contribution in [1.82, 2.24) is 5.01 Å². The number of ether oxygens (including phenoxy) is 1. The third-order valence-electron chi connectivity index (χ3n) is 6.62. The molecule has 1 amide bonds. The van der Waals surface area contributed by atoms with E-state index < -0.39 is 0 Å². The summed E-state index contributed by atoms with van der Waals surface area (Å²) in [5.74, 6) is 0.656. The number of benzene rings is 3. The molecular weight excluding hydrogens is 479 g/mol. The van der Waals surface area contributed by atoms with Gasteiger partial charge >= 0.3 is 0 Å². The number of allylic oxidation sites excluding steroid dienone is 1. The van der Waals surface area contributed by atoms with E-state index in [4.69, 9.17) is 33.0 Å². The van der Waals surface area contributed by atoms with Crippen molar-refractivity contribution < 1.29 is 9.53 Å². The fourth-order valence-electron chi connectivity index (χ4n) is 4.88. The zero-order valence-corrected chi connectivity index (χ0v) is 21.0.